The van der Waals surface area contributed by atoms with Crippen molar-refractivity contribution in [2.45, 2.75) is 46.1 Å². The van der Waals surface area contributed by atoms with Crippen LogP contribution in [0.15, 0.2) is 6.33 Å². The summed E-state index contributed by atoms with van der Waals surface area (Å²) in [5, 5.41) is 9.06. The molecule has 0 saturated carbocycles. The van der Waals surface area contributed by atoms with Crippen molar-refractivity contribution in [1.29, 1.82) is 0 Å². The fourth-order valence-electron chi connectivity index (χ4n) is 1.92. The predicted molar refractivity (Wildman–Crippen MR) is 70.6 cm³/mol. The van der Waals surface area contributed by atoms with Crippen LogP contribution >= 0.6 is 0 Å². The first-order chi connectivity index (χ1) is 8.54. The molecule has 0 amide bonds. The molecular formula is C13H20N4O. The van der Waals surface area contributed by atoms with Crippen LogP contribution in [0.5, 0.6) is 0 Å². The third-order valence-electron chi connectivity index (χ3n) is 2.91. The Morgan fingerprint density at radius 1 is 1.17 bits per heavy atom. The average molecular weight is 248 g/mol. The number of fused-ring (bicyclic) bond motifs is 1. The molecule has 0 spiro atoms. The van der Waals surface area contributed by atoms with E-state index >= 15 is 0 Å². The second kappa shape index (κ2) is 5.02. The molecule has 18 heavy (non-hydrogen) atoms. The van der Waals surface area contributed by atoms with Crippen molar-refractivity contribution in [2.75, 3.05) is 6.61 Å². The van der Waals surface area contributed by atoms with Gasteiger partial charge in [0, 0.05) is 12.5 Å². The quantitative estimate of drug-likeness (QED) is 0.899. The molecule has 2 aromatic rings. The van der Waals surface area contributed by atoms with Crippen molar-refractivity contribution in [3.63, 3.8) is 0 Å². The van der Waals surface area contributed by atoms with Crippen LogP contribution in [0.3, 0.4) is 0 Å². The van der Waals surface area contributed by atoms with E-state index < -0.39 is 0 Å². The Labute approximate surface area is 107 Å². The maximum atomic E-state index is 9.06. The fourth-order valence-corrected chi connectivity index (χ4v) is 1.92. The molecule has 2 aromatic heterocycles. The van der Waals surface area contributed by atoms with Crippen molar-refractivity contribution < 1.29 is 5.11 Å². The van der Waals surface area contributed by atoms with Crippen molar-refractivity contribution in [2.24, 2.45) is 0 Å². The van der Waals surface area contributed by atoms with Gasteiger partial charge in [0.25, 0.3) is 0 Å². The molecule has 0 aliphatic heterocycles. The summed E-state index contributed by atoms with van der Waals surface area (Å²) >= 11 is 0. The van der Waals surface area contributed by atoms with Gasteiger partial charge in [0.05, 0.1) is 18.6 Å². The molecule has 2 rings (SSSR count). The first kappa shape index (κ1) is 13.0. The van der Waals surface area contributed by atoms with E-state index in [0.717, 1.165) is 22.7 Å². The molecule has 0 bridgehead atoms. The zero-order chi connectivity index (χ0) is 13.3. The summed E-state index contributed by atoms with van der Waals surface area (Å²) < 4.78 is 1.88. The molecule has 2 heterocycles. The SMILES string of the molecule is CC(C)c1nc(C(C)C)c2ncn(CCO)c2n1. The van der Waals surface area contributed by atoms with Gasteiger partial charge in [-0.1, -0.05) is 27.7 Å². The van der Waals surface area contributed by atoms with Crippen LogP contribution in [0.25, 0.3) is 11.2 Å². The maximum absolute atomic E-state index is 9.06. The number of nitrogens with zero attached hydrogens (tertiary/aromatic N) is 4. The predicted octanol–water partition coefficient (Wildman–Crippen LogP) is 2.07. The van der Waals surface area contributed by atoms with Crippen molar-refractivity contribution in [3.05, 3.63) is 17.8 Å². The Bertz CT molecular complexity index is 545. The Morgan fingerprint density at radius 3 is 2.44 bits per heavy atom. The van der Waals surface area contributed by atoms with Crippen molar-refractivity contribution >= 4 is 11.2 Å². The van der Waals surface area contributed by atoms with Gasteiger partial charge in [0.15, 0.2) is 5.65 Å². The Kier molecular flexibility index (Phi) is 3.61. The van der Waals surface area contributed by atoms with E-state index in [2.05, 4.69) is 42.6 Å². The van der Waals surface area contributed by atoms with Gasteiger partial charge >= 0.3 is 0 Å². The van der Waals surface area contributed by atoms with Crippen LogP contribution in [-0.4, -0.2) is 31.2 Å². The Balaban J connectivity index is 2.67. The Morgan fingerprint density at radius 2 is 1.89 bits per heavy atom. The minimum Gasteiger partial charge on any atom is -0.395 e. The van der Waals surface area contributed by atoms with E-state index in [9.17, 15) is 0 Å². The molecule has 98 valence electrons. The van der Waals surface area contributed by atoms with E-state index in [1.54, 1.807) is 6.33 Å². The largest absolute Gasteiger partial charge is 0.395 e. The summed E-state index contributed by atoms with van der Waals surface area (Å²) in [5.74, 6) is 1.43. The molecule has 5 nitrogen and oxygen atoms in total. The monoisotopic (exact) mass is 248 g/mol. The third kappa shape index (κ3) is 2.22. The number of hydrogen-bond donors (Lipinski definition) is 1. The number of aromatic nitrogens is 4. The zero-order valence-corrected chi connectivity index (χ0v) is 11.4. The molecule has 0 aromatic carbocycles. The number of imidazole rings is 1. The lowest BCUT2D eigenvalue weighted by Gasteiger charge is -2.11. The summed E-state index contributed by atoms with van der Waals surface area (Å²) in [5.41, 5.74) is 2.66. The first-order valence-electron chi connectivity index (χ1n) is 6.38. The van der Waals surface area contributed by atoms with Crippen molar-refractivity contribution in [3.8, 4) is 0 Å². The van der Waals surface area contributed by atoms with Crippen molar-refractivity contribution in [1.82, 2.24) is 19.5 Å². The summed E-state index contributed by atoms with van der Waals surface area (Å²) in [4.78, 5) is 13.6. The molecule has 0 unspecified atom stereocenters. The number of aliphatic hydroxyl groups is 1. The van der Waals surface area contributed by atoms with Crippen LogP contribution in [0.4, 0.5) is 0 Å². The highest BCUT2D eigenvalue weighted by molar-refractivity contribution is 5.74. The van der Waals surface area contributed by atoms with Gasteiger partial charge in [0.1, 0.15) is 11.3 Å². The lowest BCUT2D eigenvalue weighted by molar-refractivity contribution is 0.277. The van der Waals surface area contributed by atoms with Crippen LogP contribution in [0.2, 0.25) is 0 Å². The van der Waals surface area contributed by atoms with Gasteiger partial charge in [-0.2, -0.15) is 0 Å². The van der Waals surface area contributed by atoms with Crippen LogP contribution in [0.1, 0.15) is 51.0 Å². The summed E-state index contributed by atoms with van der Waals surface area (Å²) in [6.07, 6.45) is 1.73. The highest BCUT2D eigenvalue weighted by Gasteiger charge is 2.16. The van der Waals surface area contributed by atoms with Gasteiger partial charge < -0.3 is 9.67 Å². The highest BCUT2D eigenvalue weighted by Crippen LogP contribution is 2.23. The lowest BCUT2D eigenvalue weighted by Crippen LogP contribution is -2.07. The normalized spacial score (nSPS) is 11.9. The summed E-state index contributed by atoms with van der Waals surface area (Å²) in [7, 11) is 0. The molecule has 5 heteroatoms. The standard InChI is InChI=1S/C13H20N4O/c1-8(2)10-11-13(16-12(15-10)9(3)4)17(5-6-18)7-14-11/h7-9,18H,5-6H2,1-4H3. The minimum absolute atomic E-state index is 0.0868. The van der Waals surface area contributed by atoms with Gasteiger partial charge in [0.2, 0.25) is 0 Å². The molecule has 0 atom stereocenters. The molecule has 0 radical (unpaired) electrons. The second-order valence-corrected chi connectivity index (χ2v) is 5.11. The van der Waals surface area contributed by atoms with E-state index in [0.29, 0.717) is 12.5 Å². The number of hydrogen-bond acceptors (Lipinski definition) is 4. The minimum atomic E-state index is 0.0868. The van der Waals surface area contributed by atoms with Crippen LogP contribution < -0.4 is 0 Å². The average Bonchev–Trinajstić information content (AvgIpc) is 2.71. The molecule has 0 aliphatic rings. The van der Waals surface area contributed by atoms with Gasteiger partial charge in [-0.25, -0.2) is 15.0 Å². The Hall–Kier alpha value is -1.49. The first-order valence-corrected chi connectivity index (χ1v) is 6.38. The maximum Gasteiger partial charge on any atom is 0.163 e. The fraction of sp³-hybridized carbons (Fsp3) is 0.615. The van der Waals surface area contributed by atoms with Crippen LogP contribution in [-0.2, 0) is 6.54 Å². The lowest BCUT2D eigenvalue weighted by atomic mass is 10.1. The van der Waals surface area contributed by atoms with E-state index in [-0.39, 0.29) is 12.5 Å². The zero-order valence-electron chi connectivity index (χ0n) is 11.4. The topological polar surface area (TPSA) is 63.8 Å². The smallest absolute Gasteiger partial charge is 0.163 e. The number of rotatable bonds is 4. The third-order valence-corrected chi connectivity index (χ3v) is 2.91. The van der Waals surface area contributed by atoms with Gasteiger partial charge in [-0.05, 0) is 5.92 Å². The van der Waals surface area contributed by atoms with Crippen LogP contribution in [0, 0.1) is 0 Å². The summed E-state index contributed by atoms with van der Waals surface area (Å²) in [6.45, 7) is 8.98. The van der Waals surface area contributed by atoms with E-state index in [1.807, 2.05) is 4.57 Å². The molecule has 1 N–H and O–H groups in total. The molecule has 0 aliphatic carbocycles. The molecular weight excluding hydrogens is 228 g/mol. The van der Waals surface area contributed by atoms with Gasteiger partial charge in [-0.15, -0.1) is 0 Å². The molecule has 0 fully saturated rings. The van der Waals surface area contributed by atoms with Gasteiger partial charge in [-0.3, -0.25) is 0 Å². The number of aliphatic hydroxyl groups excluding tert-OH is 1. The summed E-state index contributed by atoms with van der Waals surface area (Å²) in [6, 6.07) is 0. The van der Waals surface area contributed by atoms with E-state index in [1.165, 1.54) is 0 Å². The molecule has 0 saturated heterocycles. The van der Waals surface area contributed by atoms with E-state index in [4.69, 9.17) is 5.11 Å². The second-order valence-electron chi connectivity index (χ2n) is 5.11. The highest BCUT2D eigenvalue weighted by atomic mass is 16.3.